The van der Waals surface area contributed by atoms with Crippen LogP contribution in [0.15, 0.2) is 78.9 Å². The van der Waals surface area contributed by atoms with Gasteiger partial charge in [0.2, 0.25) is 11.8 Å². The number of anilines is 1. The van der Waals surface area contributed by atoms with Crippen LogP contribution in [-0.4, -0.2) is 93.0 Å². The summed E-state index contributed by atoms with van der Waals surface area (Å²) in [4.78, 5) is 61.2. The molecule has 3 heterocycles. The lowest BCUT2D eigenvalue weighted by Gasteiger charge is -2.29. The van der Waals surface area contributed by atoms with Gasteiger partial charge in [-0.3, -0.25) is 19.2 Å². The van der Waals surface area contributed by atoms with E-state index >= 15 is 0 Å². The van der Waals surface area contributed by atoms with E-state index in [0.717, 1.165) is 68.9 Å². The number of carbonyl (C=O) groups is 4. The van der Waals surface area contributed by atoms with E-state index in [1.165, 1.54) is 5.56 Å². The SMILES string of the molecule is CCCCN(CCCC)C(=O)c1cc(C)n(-c2ccc(NC(=O)C(CC(=O)N3CCCC3)c3ccccc3)cc2C(=O)N2CCc3ccccc3C2)n1.CO. The van der Waals surface area contributed by atoms with Crippen LogP contribution >= 0.6 is 0 Å². The Morgan fingerprint density at radius 1 is 0.818 bits per heavy atom. The molecule has 11 heteroatoms. The second-order valence-electron chi connectivity index (χ2n) is 14.3. The Bertz CT molecular complexity index is 1910. The number of carbonyl (C=O) groups excluding carboxylic acids is 4. The van der Waals surface area contributed by atoms with Gasteiger partial charge in [-0.1, -0.05) is 81.3 Å². The van der Waals surface area contributed by atoms with Gasteiger partial charge in [0.25, 0.3) is 11.8 Å². The highest BCUT2D eigenvalue weighted by Crippen LogP contribution is 2.29. The van der Waals surface area contributed by atoms with Gasteiger partial charge in [-0.2, -0.15) is 5.10 Å². The van der Waals surface area contributed by atoms with Crippen LogP contribution in [0.4, 0.5) is 5.69 Å². The van der Waals surface area contributed by atoms with Gasteiger partial charge in [0.05, 0.1) is 17.2 Å². The lowest BCUT2D eigenvalue weighted by atomic mass is 9.94. The van der Waals surface area contributed by atoms with Crippen molar-refractivity contribution in [3.8, 4) is 5.69 Å². The highest BCUT2D eigenvalue weighted by Gasteiger charge is 2.30. The number of amides is 4. The fraction of sp³-hybridized carbons (Fsp3) is 0.432. The first-order valence-electron chi connectivity index (χ1n) is 19.7. The van der Waals surface area contributed by atoms with Crippen LogP contribution in [0.1, 0.15) is 108 Å². The number of unbranched alkanes of at least 4 members (excludes halogenated alkanes) is 2. The molecule has 1 fully saturated rings. The van der Waals surface area contributed by atoms with E-state index in [-0.39, 0.29) is 30.0 Å². The second-order valence-corrected chi connectivity index (χ2v) is 14.3. The highest BCUT2D eigenvalue weighted by atomic mass is 16.2. The average molecular weight is 749 g/mol. The Morgan fingerprint density at radius 3 is 2.15 bits per heavy atom. The number of hydrogen-bond donors (Lipinski definition) is 2. The molecule has 4 aromatic rings. The summed E-state index contributed by atoms with van der Waals surface area (Å²) in [5.41, 5.74) is 5.49. The molecule has 1 unspecified atom stereocenters. The monoisotopic (exact) mass is 748 g/mol. The van der Waals surface area contributed by atoms with E-state index in [1.54, 1.807) is 28.9 Å². The topological polar surface area (TPSA) is 128 Å². The largest absolute Gasteiger partial charge is 0.400 e. The minimum atomic E-state index is -0.702. The molecule has 1 aromatic heterocycles. The van der Waals surface area contributed by atoms with E-state index in [1.807, 2.05) is 64.1 Å². The first-order chi connectivity index (χ1) is 26.8. The van der Waals surface area contributed by atoms with Crippen LogP contribution in [0.5, 0.6) is 0 Å². The molecule has 0 saturated carbocycles. The molecule has 2 aliphatic rings. The van der Waals surface area contributed by atoms with Gasteiger partial charge in [0.15, 0.2) is 5.69 Å². The van der Waals surface area contributed by atoms with Crippen molar-refractivity contribution < 1.29 is 24.3 Å². The summed E-state index contributed by atoms with van der Waals surface area (Å²) < 4.78 is 1.67. The lowest BCUT2D eigenvalue weighted by molar-refractivity contribution is -0.132. The number of aryl methyl sites for hydroxylation is 1. The summed E-state index contributed by atoms with van der Waals surface area (Å²) in [5, 5.41) is 14.8. The minimum absolute atomic E-state index is 0.0365. The molecule has 0 spiro atoms. The maximum atomic E-state index is 14.5. The standard InChI is InChI=1S/C43H52N6O4.CH4O/c1-4-6-22-47(23-7-5-2)43(53)38-27-31(3)49(45-38)39-20-19-35(28-37(39)42(52)48-26-21-32-15-11-12-18-34(32)30-48)44-41(51)36(33-16-9-8-10-17-33)29-40(50)46-24-13-14-25-46;1-2/h8-12,15-20,27-28,36H,4-7,13-14,21-26,29-30H2,1-3H3,(H,44,51);2H,1H3. The molecule has 2 N–H and O–H groups in total. The second kappa shape index (κ2) is 19.9. The first-order valence-corrected chi connectivity index (χ1v) is 19.7. The molecule has 2 aliphatic heterocycles. The molecule has 1 saturated heterocycles. The normalized spacial score (nSPS) is 14.1. The van der Waals surface area contributed by atoms with Crippen LogP contribution in [-0.2, 0) is 22.6 Å². The van der Waals surface area contributed by atoms with Crippen molar-refractivity contribution in [2.45, 2.75) is 84.6 Å². The number of nitrogens with one attached hydrogen (secondary N) is 1. The molecule has 55 heavy (non-hydrogen) atoms. The van der Waals surface area contributed by atoms with Gasteiger partial charge in [-0.25, -0.2) is 4.68 Å². The van der Waals surface area contributed by atoms with Crippen molar-refractivity contribution in [1.82, 2.24) is 24.5 Å². The number of likely N-dealkylation sites (tertiary alicyclic amines) is 1. The summed E-state index contributed by atoms with van der Waals surface area (Å²) in [6, 6.07) is 24.6. The molecule has 11 nitrogen and oxygen atoms in total. The fourth-order valence-corrected chi connectivity index (χ4v) is 7.35. The molecule has 0 radical (unpaired) electrons. The molecular weight excluding hydrogens is 693 g/mol. The van der Waals surface area contributed by atoms with Gasteiger partial charge in [0.1, 0.15) is 0 Å². The van der Waals surface area contributed by atoms with Gasteiger partial charge >= 0.3 is 0 Å². The Morgan fingerprint density at radius 2 is 1.47 bits per heavy atom. The maximum Gasteiger partial charge on any atom is 0.274 e. The molecule has 4 amide bonds. The third-order valence-corrected chi connectivity index (χ3v) is 10.5. The fourth-order valence-electron chi connectivity index (χ4n) is 7.35. The third kappa shape index (κ3) is 10.1. The van der Waals surface area contributed by atoms with Crippen molar-refractivity contribution >= 4 is 29.3 Å². The Balaban J connectivity index is 0.00000285. The van der Waals surface area contributed by atoms with Gasteiger partial charge in [-0.05, 0) is 80.0 Å². The van der Waals surface area contributed by atoms with Gasteiger partial charge < -0.3 is 25.1 Å². The number of benzene rings is 3. The van der Waals surface area contributed by atoms with Crippen LogP contribution in [0.2, 0.25) is 0 Å². The zero-order valence-electron chi connectivity index (χ0n) is 32.8. The average Bonchev–Trinajstić information content (AvgIpc) is 3.91. The van der Waals surface area contributed by atoms with E-state index in [0.29, 0.717) is 61.9 Å². The number of nitrogens with zero attached hydrogens (tertiary/aromatic N) is 5. The van der Waals surface area contributed by atoms with Crippen LogP contribution in [0.25, 0.3) is 5.69 Å². The Kier molecular flexibility index (Phi) is 14.8. The highest BCUT2D eigenvalue weighted by molar-refractivity contribution is 6.02. The number of aliphatic hydroxyl groups excluding tert-OH is 1. The molecule has 3 aromatic carbocycles. The van der Waals surface area contributed by atoms with Crippen LogP contribution < -0.4 is 5.32 Å². The number of rotatable bonds is 14. The molecule has 0 aliphatic carbocycles. The maximum absolute atomic E-state index is 14.5. The van der Waals surface area contributed by atoms with Gasteiger partial charge in [-0.15, -0.1) is 0 Å². The summed E-state index contributed by atoms with van der Waals surface area (Å²) >= 11 is 0. The summed E-state index contributed by atoms with van der Waals surface area (Å²) in [5.74, 6) is -1.36. The van der Waals surface area contributed by atoms with E-state index in [2.05, 4.69) is 31.3 Å². The van der Waals surface area contributed by atoms with Crippen LogP contribution in [0, 0.1) is 6.92 Å². The van der Waals surface area contributed by atoms with Crippen molar-refractivity contribution in [3.63, 3.8) is 0 Å². The number of aliphatic hydroxyl groups is 1. The summed E-state index contributed by atoms with van der Waals surface area (Å²) in [7, 11) is 1.00. The number of hydrogen-bond acceptors (Lipinski definition) is 6. The first kappa shape index (κ1) is 40.9. The van der Waals surface area contributed by atoms with E-state index in [4.69, 9.17) is 10.2 Å². The Hall–Kier alpha value is -5.29. The molecule has 0 bridgehead atoms. The predicted octanol–water partition coefficient (Wildman–Crippen LogP) is 6.76. The molecule has 1 atom stereocenters. The zero-order valence-corrected chi connectivity index (χ0v) is 32.8. The van der Waals surface area contributed by atoms with Crippen molar-refractivity contribution in [1.29, 1.82) is 0 Å². The Labute approximate surface area is 325 Å². The number of aromatic nitrogens is 2. The minimum Gasteiger partial charge on any atom is -0.400 e. The van der Waals surface area contributed by atoms with Crippen LogP contribution in [0.3, 0.4) is 0 Å². The number of fused-ring (bicyclic) bond motifs is 1. The molecule has 6 rings (SSSR count). The predicted molar refractivity (Wildman–Crippen MR) is 215 cm³/mol. The van der Waals surface area contributed by atoms with Crippen molar-refractivity contribution in [2.75, 3.05) is 45.2 Å². The molecule has 292 valence electrons. The summed E-state index contributed by atoms with van der Waals surface area (Å²) in [6.07, 6.45) is 6.54. The quantitative estimate of drug-likeness (QED) is 0.147. The van der Waals surface area contributed by atoms with E-state index < -0.39 is 5.92 Å². The smallest absolute Gasteiger partial charge is 0.274 e. The lowest BCUT2D eigenvalue weighted by Crippen LogP contribution is -2.36. The third-order valence-electron chi connectivity index (χ3n) is 10.5. The summed E-state index contributed by atoms with van der Waals surface area (Å²) in [6.45, 7) is 9.89. The molecular formula is C44H56N6O5. The van der Waals surface area contributed by atoms with E-state index in [9.17, 15) is 19.2 Å². The zero-order chi connectivity index (χ0) is 39.3. The van der Waals surface area contributed by atoms with Gasteiger partial charge in [0, 0.05) is 64.2 Å². The van der Waals surface area contributed by atoms with Crippen molar-refractivity contribution in [2.24, 2.45) is 0 Å². The van der Waals surface area contributed by atoms with Crippen molar-refractivity contribution in [3.05, 3.63) is 113 Å².